The van der Waals surface area contributed by atoms with Gasteiger partial charge in [0.25, 0.3) is 0 Å². The van der Waals surface area contributed by atoms with Crippen molar-refractivity contribution in [2.45, 2.75) is 44.7 Å². The highest BCUT2D eigenvalue weighted by Crippen LogP contribution is 2.18. The summed E-state index contributed by atoms with van der Waals surface area (Å²) in [6.45, 7) is 2.14. The molecule has 1 aromatic rings. The standard InChI is InChI=1S/C14H20N2S/c1-11(12-7-3-2-4-8-12)15-14(17)16-13-9-5-6-10-13/h2-4,7-8,11,13H,5-6,9-10H2,1H3,(H2,15,16,17). The monoisotopic (exact) mass is 248 g/mol. The highest BCUT2D eigenvalue weighted by molar-refractivity contribution is 7.80. The van der Waals surface area contributed by atoms with E-state index in [9.17, 15) is 0 Å². The molecule has 0 aliphatic heterocycles. The van der Waals surface area contributed by atoms with Gasteiger partial charge in [0, 0.05) is 6.04 Å². The van der Waals surface area contributed by atoms with Crippen LogP contribution in [0.5, 0.6) is 0 Å². The lowest BCUT2D eigenvalue weighted by Gasteiger charge is -2.20. The molecule has 0 saturated heterocycles. The summed E-state index contributed by atoms with van der Waals surface area (Å²) in [6, 6.07) is 11.2. The summed E-state index contributed by atoms with van der Waals surface area (Å²) < 4.78 is 0. The maximum atomic E-state index is 5.34. The minimum absolute atomic E-state index is 0.262. The minimum Gasteiger partial charge on any atom is -0.360 e. The SMILES string of the molecule is CC(NC(=S)NC1CCCC1)c1ccccc1. The molecule has 0 radical (unpaired) electrons. The van der Waals surface area contributed by atoms with Gasteiger partial charge in [0.2, 0.25) is 0 Å². The molecule has 1 aliphatic carbocycles. The Hall–Kier alpha value is -1.09. The molecule has 1 fully saturated rings. The Balaban J connectivity index is 1.81. The van der Waals surface area contributed by atoms with E-state index in [1.165, 1.54) is 31.2 Å². The lowest BCUT2D eigenvalue weighted by molar-refractivity contribution is 0.606. The van der Waals surface area contributed by atoms with E-state index in [0.29, 0.717) is 6.04 Å². The van der Waals surface area contributed by atoms with Gasteiger partial charge in [-0.3, -0.25) is 0 Å². The topological polar surface area (TPSA) is 24.1 Å². The summed E-state index contributed by atoms with van der Waals surface area (Å²) in [4.78, 5) is 0. The third-order valence-electron chi connectivity index (χ3n) is 3.34. The molecule has 0 amide bonds. The fraction of sp³-hybridized carbons (Fsp3) is 0.500. The van der Waals surface area contributed by atoms with Crippen molar-refractivity contribution in [1.82, 2.24) is 10.6 Å². The van der Waals surface area contributed by atoms with E-state index < -0.39 is 0 Å². The first-order valence-corrected chi connectivity index (χ1v) is 6.78. The predicted octanol–water partition coefficient (Wildman–Crippen LogP) is 3.15. The zero-order chi connectivity index (χ0) is 12.1. The Bertz CT molecular complexity index is 358. The molecule has 1 aliphatic rings. The van der Waals surface area contributed by atoms with Gasteiger partial charge in [-0.2, -0.15) is 0 Å². The van der Waals surface area contributed by atoms with E-state index >= 15 is 0 Å². The Morgan fingerprint density at radius 1 is 1.24 bits per heavy atom. The number of hydrogen-bond acceptors (Lipinski definition) is 1. The van der Waals surface area contributed by atoms with Crippen molar-refractivity contribution in [3.05, 3.63) is 35.9 Å². The summed E-state index contributed by atoms with van der Waals surface area (Å²) in [6.07, 6.45) is 5.16. The van der Waals surface area contributed by atoms with Gasteiger partial charge in [-0.1, -0.05) is 43.2 Å². The van der Waals surface area contributed by atoms with E-state index in [1.807, 2.05) is 6.07 Å². The van der Waals surface area contributed by atoms with Crippen LogP contribution in [0.3, 0.4) is 0 Å². The summed E-state index contributed by atoms with van der Waals surface area (Å²) in [5, 5.41) is 7.53. The Morgan fingerprint density at radius 3 is 2.53 bits per heavy atom. The van der Waals surface area contributed by atoms with Crippen LogP contribution < -0.4 is 10.6 Å². The van der Waals surface area contributed by atoms with Crippen LogP contribution in [0, 0.1) is 0 Å². The van der Waals surface area contributed by atoms with Crippen LogP contribution in [-0.4, -0.2) is 11.2 Å². The first-order chi connectivity index (χ1) is 8.25. The summed E-state index contributed by atoms with van der Waals surface area (Å²) in [5.41, 5.74) is 1.27. The largest absolute Gasteiger partial charge is 0.360 e. The highest BCUT2D eigenvalue weighted by Gasteiger charge is 2.16. The molecule has 0 bridgehead atoms. The second-order valence-electron chi connectivity index (χ2n) is 4.73. The van der Waals surface area contributed by atoms with Crippen LogP contribution >= 0.6 is 12.2 Å². The molecule has 1 aromatic carbocycles. The van der Waals surface area contributed by atoms with E-state index in [4.69, 9.17) is 12.2 Å². The number of benzene rings is 1. The van der Waals surface area contributed by atoms with Gasteiger partial charge >= 0.3 is 0 Å². The summed E-state index contributed by atoms with van der Waals surface area (Å²) in [7, 11) is 0. The maximum absolute atomic E-state index is 5.34. The summed E-state index contributed by atoms with van der Waals surface area (Å²) >= 11 is 5.34. The van der Waals surface area contributed by atoms with Crippen molar-refractivity contribution in [3.8, 4) is 0 Å². The van der Waals surface area contributed by atoms with Gasteiger partial charge < -0.3 is 10.6 Å². The first kappa shape index (κ1) is 12.4. The number of hydrogen-bond donors (Lipinski definition) is 2. The van der Waals surface area contributed by atoms with Crippen molar-refractivity contribution in [2.24, 2.45) is 0 Å². The summed E-state index contributed by atoms with van der Waals surface area (Å²) in [5.74, 6) is 0. The van der Waals surface area contributed by atoms with E-state index in [2.05, 4.69) is 41.8 Å². The quantitative estimate of drug-likeness (QED) is 0.804. The average molecular weight is 248 g/mol. The van der Waals surface area contributed by atoms with E-state index in [-0.39, 0.29) is 6.04 Å². The third-order valence-corrected chi connectivity index (χ3v) is 3.57. The van der Waals surface area contributed by atoms with Crippen LogP contribution in [-0.2, 0) is 0 Å². The van der Waals surface area contributed by atoms with Crippen LogP contribution in [0.2, 0.25) is 0 Å². The molecule has 1 atom stereocenters. The third kappa shape index (κ3) is 3.70. The predicted molar refractivity (Wildman–Crippen MR) is 76.0 cm³/mol. The second-order valence-corrected chi connectivity index (χ2v) is 5.14. The normalized spacial score (nSPS) is 17.7. The van der Waals surface area contributed by atoms with Crippen molar-refractivity contribution >= 4 is 17.3 Å². The molecule has 3 heteroatoms. The lowest BCUT2D eigenvalue weighted by Crippen LogP contribution is -2.41. The van der Waals surface area contributed by atoms with Crippen molar-refractivity contribution in [1.29, 1.82) is 0 Å². The van der Waals surface area contributed by atoms with E-state index in [1.54, 1.807) is 0 Å². The van der Waals surface area contributed by atoms with Gasteiger partial charge in [-0.15, -0.1) is 0 Å². The number of nitrogens with one attached hydrogen (secondary N) is 2. The second kappa shape index (κ2) is 6.01. The van der Waals surface area contributed by atoms with Crippen molar-refractivity contribution in [3.63, 3.8) is 0 Å². The molecule has 0 spiro atoms. The Kier molecular flexibility index (Phi) is 4.37. The fourth-order valence-electron chi connectivity index (χ4n) is 2.32. The molecular weight excluding hydrogens is 228 g/mol. The van der Waals surface area contributed by atoms with Crippen LogP contribution in [0.4, 0.5) is 0 Å². The molecule has 2 N–H and O–H groups in total. The molecular formula is C14H20N2S. The van der Waals surface area contributed by atoms with Gasteiger partial charge in [0.15, 0.2) is 5.11 Å². The molecule has 2 nitrogen and oxygen atoms in total. The van der Waals surface area contributed by atoms with Crippen LogP contribution in [0.25, 0.3) is 0 Å². The molecule has 0 heterocycles. The van der Waals surface area contributed by atoms with E-state index in [0.717, 1.165) is 5.11 Å². The average Bonchev–Trinajstić information content (AvgIpc) is 2.82. The first-order valence-electron chi connectivity index (χ1n) is 6.37. The van der Waals surface area contributed by atoms with Gasteiger partial charge in [0.05, 0.1) is 6.04 Å². The van der Waals surface area contributed by atoms with Crippen LogP contribution in [0.1, 0.15) is 44.2 Å². The Morgan fingerprint density at radius 2 is 1.88 bits per heavy atom. The Labute approximate surface area is 109 Å². The molecule has 2 rings (SSSR count). The van der Waals surface area contributed by atoms with Gasteiger partial charge in [-0.25, -0.2) is 0 Å². The number of rotatable bonds is 3. The van der Waals surface area contributed by atoms with Gasteiger partial charge in [0.1, 0.15) is 0 Å². The molecule has 17 heavy (non-hydrogen) atoms. The minimum atomic E-state index is 0.262. The smallest absolute Gasteiger partial charge is 0.166 e. The van der Waals surface area contributed by atoms with Crippen molar-refractivity contribution < 1.29 is 0 Å². The molecule has 1 unspecified atom stereocenters. The molecule has 0 aromatic heterocycles. The number of thiocarbonyl (C=S) groups is 1. The maximum Gasteiger partial charge on any atom is 0.166 e. The zero-order valence-electron chi connectivity index (χ0n) is 10.3. The highest BCUT2D eigenvalue weighted by atomic mass is 32.1. The zero-order valence-corrected chi connectivity index (χ0v) is 11.1. The van der Waals surface area contributed by atoms with Crippen LogP contribution in [0.15, 0.2) is 30.3 Å². The van der Waals surface area contributed by atoms with Crippen molar-refractivity contribution in [2.75, 3.05) is 0 Å². The molecule has 92 valence electrons. The lowest BCUT2D eigenvalue weighted by atomic mass is 10.1. The fourth-order valence-corrected chi connectivity index (χ4v) is 2.66. The molecule has 1 saturated carbocycles. The van der Waals surface area contributed by atoms with Gasteiger partial charge in [-0.05, 0) is 37.5 Å².